The van der Waals surface area contributed by atoms with Crippen LogP contribution in [0.1, 0.15) is 31.2 Å². The van der Waals surface area contributed by atoms with E-state index in [1.807, 2.05) is 24.3 Å². The van der Waals surface area contributed by atoms with E-state index in [1.165, 1.54) is 12.0 Å². The van der Waals surface area contributed by atoms with Gasteiger partial charge in [-0.05, 0) is 42.4 Å². The molecule has 0 unspecified atom stereocenters. The monoisotopic (exact) mass is 193 g/mol. The molecule has 0 heterocycles. The number of nitrogens with two attached hydrogens (primary N) is 1. The van der Waals surface area contributed by atoms with E-state index in [0.717, 1.165) is 18.5 Å². The largest absolute Gasteiger partial charge is 0.399 e. The summed E-state index contributed by atoms with van der Waals surface area (Å²) in [6.07, 6.45) is 4.14. The lowest BCUT2D eigenvalue weighted by Crippen LogP contribution is -2.34. The second kappa shape index (κ2) is 3.60. The van der Waals surface area contributed by atoms with E-state index in [0.29, 0.717) is 6.42 Å². The molecule has 0 spiro atoms. The van der Waals surface area contributed by atoms with Crippen molar-refractivity contribution in [3.8, 4) is 0 Å². The highest BCUT2D eigenvalue weighted by atomic mass is 19.1. The normalized spacial score (nSPS) is 18.9. The third-order valence-electron chi connectivity index (χ3n) is 3.41. The number of rotatable bonds is 3. The second-order valence-corrected chi connectivity index (χ2v) is 4.19. The molecule has 0 radical (unpaired) electrons. The molecule has 1 fully saturated rings. The molecule has 0 saturated heterocycles. The van der Waals surface area contributed by atoms with Gasteiger partial charge in [0, 0.05) is 5.69 Å². The number of hydrogen-bond donors (Lipinski definition) is 1. The van der Waals surface area contributed by atoms with Gasteiger partial charge in [-0.2, -0.15) is 0 Å². The van der Waals surface area contributed by atoms with Gasteiger partial charge in [-0.3, -0.25) is 4.39 Å². The third-order valence-corrected chi connectivity index (χ3v) is 3.41. The van der Waals surface area contributed by atoms with Crippen molar-refractivity contribution in [2.75, 3.05) is 12.4 Å². The average molecular weight is 193 g/mol. The summed E-state index contributed by atoms with van der Waals surface area (Å²) < 4.78 is 12.4. The number of nitrogen functional groups attached to an aromatic ring is 1. The highest BCUT2D eigenvalue weighted by Gasteiger charge is 2.37. The maximum Gasteiger partial charge on any atom is 0.0903 e. The predicted molar refractivity (Wildman–Crippen MR) is 57.0 cm³/mol. The van der Waals surface area contributed by atoms with Gasteiger partial charge in [0.15, 0.2) is 0 Å². The van der Waals surface area contributed by atoms with Crippen LogP contribution >= 0.6 is 0 Å². The van der Waals surface area contributed by atoms with Crippen LogP contribution in [0.2, 0.25) is 0 Å². The Morgan fingerprint density at radius 3 is 2.29 bits per heavy atom. The molecule has 0 bridgehead atoms. The Hall–Kier alpha value is -1.05. The van der Waals surface area contributed by atoms with E-state index in [4.69, 9.17) is 5.73 Å². The molecular weight excluding hydrogens is 177 g/mol. The van der Waals surface area contributed by atoms with Crippen LogP contribution in [0, 0.1) is 0 Å². The van der Waals surface area contributed by atoms with E-state index in [9.17, 15) is 4.39 Å². The fourth-order valence-corrected chi connectivity index (χ4v) is 2.30. The van der Waals surface area contributed by atoms with E-state index in [2.05, 4.69) is 0 Å². The maximum atomic E-state index is 12.4. The SMILES string of the molecule is Nc1ccc(C2(CCF)CCC2)cc1. The molecule has 1 nitrogen and oxygen atoms in total. The van der Waals surface area contributed by atoms with Crippen LogP contribution in [-0.4, -0.2) is 6.67 Å². The van der Waals surface area contributed by atoms with E-state index in [-0.39, 0.29) is 12.1 Å². The van der Waals surface area contributed by atoms with Crippen molar-refractivity contribution >= 4 is 5.69 Å². The van der Waals surface area contributed by atoms with Crippen molar-refractivity contribution in [1.82, 2.24) is 0 Å². The van der Waals surface area contributed by atoms with E-state index in [1.54, 1.807) is 0 Å². The number of benzene rings is 1. The molecule has 1 aromatic carbocycles. The van der Waals surface area contributed by atoms with Gasteiger partial charge in [0.1, 0.15) is 0 Å². The van der Waals surface area contributed by atoms with Crippen LogP contribution in [0.25, 0.3) is 0 Å². The number of anilines is 1. The van der Waals surface area contributed by atoms with Gasteiger partial charge >= 0.3 is 0 Å². The van der Waals surface area contributed by atoms with Crippen molar-refractivity contribution in [2.24, 2.45) is 0 Å². The summed E-state index contributed by atoms with van der Waals surface area (Å²) >= 11 is 0. The molecule has 0 amide bonds. The Labute approximate surface area is 84.1 Å². The van der Waals surface area contributed by atoms with Gasteiger partial charge < -0.3 is 5.73 Å². The first kappa shape index (κ1) is 9.50. The Morgan fingerprint density at radius 2 is 1.86 bits per heavy atom. The zero-order valence-corrected chi connectivity index (χ0v) is 8.30. The second-order valence-electron chi connectivity index (χ2n) is 4.19. The fraction of sp³-hybridized carbons (Fsp3) is 0.500. The Kier molecular flexibility index (Phi) is 2.44. The first-order chi connectivity index (χ1) is 6.77. The lowest BCUT2D eigenvalue weighted by molar-refractivity contribution is 0.205. The minimum atomic E-state index is -0.218. The van der Waals surface area contributed by atoms with Crippen LogP contribution in [-0.2, 0) is 5.41 Å². The quantitative estimate of drug-likeness (QED) is 0.733. The molecule has 0 atom stereocenters. The summed E-state index contributed by atoms with van der Waals surface area (Å²) in [5.41, 5.74) is 7.80. The molecule has 1 aliphatic carbocycles. The van der Waals surface area contributed by atoms with Crippen LogP contribution in [0.15, 0.2) is 24.3 Å². The molecule has 2 N–H and O–H groups in total. The van der Waals surface area contributed by atoms with Crippen LogP contribution < -0.4 is 5.73 Å². The first-order valence-electron chi connectivity index (χ1n) is 5.19. The predicted octanol–water partition coefficient (Wildman–Crippen LogP) is 3.05. The summed E-state index contributed by atoms with van der Waals surface area (Å²) in [6, 6.07) is 7.91. The molecular formula is C12H16FN. The van der Waals surface area contributed by atoms with Gasteiger partial charge in [-0.15, -0.1) is 0 Å². The standard InChI is InChI=1S/C12H16FN/c13-9-8-12(6-1-7-12)10-2-4-11(14)5-3-10/h2-5H,1,6-9,14H2. The third kappa shape index (κ3) is 1.49. The minimum absolute atomic E-state index is 0.127. The first-order valence-corrected chi connectivity index (χ1v) is 5.19. The lowest BCUT2D eigenvalue weighted by atomic mass is 9.63. The molecule has 1 aromatic rings. The number of alkyl halides is 1. The van der Waals surface area contributed by atoms with Gasteiger partial charge in [-0.1, -0.05) is 18.6 Å². The Bertz CT molecular complexity index is 301. The summed E-state index contributed by atoms with van der Waals surface area (Å²) in [5.74, 6) is 0. The van der Waals surface area contributed by atoms with Crippen molar-refractivity contribution in [3.05, 3.63) is 29.8 Å². The lowest BCUT2D eigenvalue weighted by Gasteiger charge is -2.42. The molecule has 76 valence electrons. The van der Waals surface area contributed by atoms with Gasteiger partial charge in [0.05, 0.1) is 6.67 Å². The van der Waals surface area contributed by atoms with Gasteiger partial charge in [-0.25, -0.2) is 0 Å². The van der Waals surface area contributed by atoms with Crippen molar-refractivity contribution < 1.29 is 4.39 Å². The van der Waals surface area contributed by atoms with Crippen molar-refractivity contribution in [1.29, 1.82) is 0 Å². The minimum Gasteiger partial charge on any atom is -0.399 e. The zero-order chi connectivity index (χ0) is 10.0. The summed E-state index contributed by atoms with van der Waals surface area (Å²) in [4.78, 5) is 0. The number of hydrogen-bond acceptors (Lipinski definition) is 1. The highest BCUT2D eigenvalue weighted by molar-refractivity contribution is 5.42. The molecule has 1 saturated carbocycles. The molecule has 0 aliphatic heterocycles. The Morgan fingerprint density at radius 1 is 1.21 bits per heavy atom. The smallest absolute Gasteiger partial charge is 0.0903 e. The van der Waals surface area contributed by atoms with Gasteiger partial charge in [0.2, 0.25) is 0 Å². The Balaban J connectivity index is 2.23. The van der Waals surface area contributed by atoms with Crippen LogP contribution in [0.5, 0.6) is 0 Å². The molecule has 2 heteroatoms. The molecule has 1 aliphatic rings. The highest BCUT2D eigenvalue weighted by Crippen LogP contribution is 2.46. The summed E-state index contributed by atoms with van der Waals surface area (Å²) in [6.45, 7) is -0.218. The average Bonchev–Trinajstić information content (AvgIpc) is 2.13. The van der Waals surface area contributed by atoms with Gasteiger partial charge in [0.25, 0.3) is 0 Å². The molecule has 0 aromatic heterocycles. The van der Waals surface area contributed by atoms with Crippen LogP contribution in [0.3, 0.4) is 0 Å². The molecule has 14 heavy (non-hydrogen) atoms. The topological polar surface area (TPSA) is 26.0 Å². The molecule has 2 rings (SSSR count). The van der Waals surface area contributed by atoms with Crippen molar-refractivity contribution in [2.45, 2.75) is 31.1 Å². The summed E-state index contributed by atoms with van der Waals surface area (Å²) in [7, 11) is 0. The van der Waals surface area contributed by atoms with E-state index < -0.39 is 0 Å². The van der Waals surface area contributed by atoms with E-state index >= 15 is 0 Å². The number of halogens is 1. The van der Waals surface area contributed by atoms with Crippen LogP contribution in [0.4, 0.5) is 10.1 Å². The maximum absolute atomic E-state index is 12.4. The fourth-order valence-electron chi connectivity index (χ4n) is 2.30. The zero-order valence-electron chi connectivity index (χ0n) is 8.30. The van der Waals surface area contributed by atoms with Crippen molar-refractivity contribution in [3.63, 3.8) is 0 Å². The summed E-state index contributed by atoms with van der Waals surface area (Å²) in [5, 5.41) is 0.